The third kappa shape index (κ3) is 5.54. The first kappa shape index (κ1) is 27.6. The second-order valence-electron chi connectivity index (χ2n) is 11.7. The fourth-order valence-electron chi connectivity index (χ4n) is 6.58. The van der Waals surface area contributed by atoms with E-state index in [0.29, 0.717) is 36.4 Å². The van der Waals surface area contributed by atoms with Crippen molar-refractivity contribution < 1.29 is 28.2 Å². The first-order chi connectivity index (χ1) is 19.8. The van der Waals surface area contributed by atoms with E-state index in [0.717, 1.165) is 61.0 Å². The average molecular weight is 563 g/mol. The van der Waals surface area contributed by atoms with Gasteiger partial charge >= 0.3 is 5.97 Å². The molecule has 1 aromatic heterocycles. The summed E-state index contributed by atoms with van der Waals surface area (Å²) in [7, 11) is 1.51. The van der Waals surface area contributed by atoms with Gasteiger partial charge in [-0.1, -0.05) is 37.3 Å². The zero-order chi connectivity index (χ0) is 28.7. The summed E-state index contributed by atoms with van der Waals surface area (Å²) in [5, 5.41) is 9.70. The zero-order valence-electron chi connectivity index (χ0n) is 23.5. The van der Waals surface area contributed by atoms with Crippen LogP contribution in [0.2, 0.25) is 0 Å². The number of methoxy groups -OCH3 is 1. The highest BCUT2D eigenvalue weighted by Gasteiger charge is 2.41. The van der Waals surface area contributed by atoms with E-state index in [1.54, 1.807) is 19.1 Å². The lowest BCUT2D eigenvalue weighted by Gasteiger charge is -2.30. The van der Waals surface area contributed by atoms with E-state index < -0.39 is 23.5 Å². The number of hydrogen-bond acceptors (Lipinski definition) is 5. The molecule has 2 aromatic carbocycles. The molecule has 41 heavy (non-hydrogen) atoms. The molecule has 1 unspecified atom stereocenters. The van der Waals surface area contributed by atoms with Gasteiger partial charge < -0.3 is 14.6 Å². The SMILES string of the molecule is COc1cc(-c2ccc(C3CCc4ccc([C@H](C5CC5)[C@H](C)C(=O)O)c(F)c4O3)cc2CN2CCCC2)c(F)cn1. The third-order valence-electron chi connectivity index (χ3n) is 8.98. The molecule has 6 nitrogen and oxygen atoms in total. The third-order valence-corrected chi connectivity index (χ3v) is 8.98. The Bertz CT molecular complexity index is 1450. The van der Waals surface area contributed by atoms with Crippen molar-refractivity contribution in [3.63, 3.8) is 0 Å². The van der Waals surface area contributed by atoms with E-state index in [9.17, 15) is 14.3 Å². The van der Waals surface area contributed by atoms with Crippen molar-refractivity contribution >= 4 is 5.97 Å². The Morgan fingerprint density at radius 1 is 1.12 bits per heavy atom. The molecular formula is C33H36F2N2O4. The molecule has 8 heteroatoms. The van der Waals surface area contributed by atoms with Crippen molar-refractivity contribution in [3.8, 4) is 22.8 Å². The number of nitrogens with zero attached hydrogens (tertiary/aromatic N) is 2. The lowest BCUT2D eigenvalue weighted by atomic mass is 9.82. The predicted octanol–water partition coefficient (Wildman–Crippen LogP) is 6.91. The molecule has 2 fully saturated rings. The number of hydrogen-bond donors (Lipinski definition) is 1. The molecule has 1 aliphatic carbocycles. The molecular weight excluding hydrogens is 526 g/mol. The Morgan fingerprint density at radius 2 is 1.90 bits per heavy atom. The van der Waals surface area contributed by atoms with Crippen LogP contribution in [0.1, 0.15) is 73.3 Å². The van der Waals surface area contributed by atoms with Gasteiger partial charge in [0.25, 0.3) is 0 Å². The van der Waals surface area contributed by atoms with Crippen LogP contribution in [0.5, 0.6) is 11.6 Å². The van der Waals surface area contributed by atoms with Gasteiger partial charge in [0, 0.05) is 24.1 Å². The first-order valence-electron chi connectivity index (χ1n) is 14.6. The Morgan fingerprint density at radius 3 is 2.61 bits per heavy atom. The monoisotopic (exact) mass is 562 g/mol. The molecule has 3 heterocycles. The minimum Gasteiger partial charge on any atom is -0.482 e. The smallest absolute Gasteiger partial charge is 0.306 e. The van der Waals surface area contributed by atoms with Crippen LogP contribution in [-0.2, 0) is 17.8 Å². The van der Waals surface area contributed by atoms with Crippen molar-refractivity contribution in [2.45, 2.75) is 64.0 Å². The zero-order valence-corrected chi connectivity index (χ0v) is 23.5. The van der Waals surface area contributed by atoms with Gasteiger partial charge in [0.05, 0.1) is 19.2 Å². The first-order valence-corrected chi connectivity index (χ1v) is 14.6. The van der Waals surface area contributed by atoms with Gasteiger partial charge in [-0.05, 0) is 85.3 Å². The highest BCUT2D eigenvalue weighted by molar-refractivity contribution is 5.71. The van der Waals surface area contributed by atoms with Crippen molar-refractivity contribution in [1.82, 2.24) is 9.88 Å². The van der Waals surface area contributed by atoms with Crippen LogP contribution >= 0.6 is 0 Å². The number of carbonyl (C=O) groups is 1. The number of carboxylic acid groups (broad SMARTS) is 1. The molecule has 2 aliphatic heterocycles. The fourth-order valence-corrected chi connectivity index (χ4v) is 6.58. The fraction of sp³-hybridized carbons (Fsp3) is 0.455. The molecule has 3 atom stereocenters. The lowest BCUT2D eigenvalue weighted by Crippen LogP contribution is -2.23. The van der Waals surface area contributed by atoms with Gasteiger partial charge in [-0.3, -0.25) is 9.69 Å². The molecule has 6 rings (SSSR count). The largest absolute Gasteiger partial charge is 0.482 e. The summed E-state index contributed by atoms with van der Waals surface area (Å²) in [6, 6.07) is 11.2. The second-order valence-corrected chi connectivity index (χ2v) is 11.7. The predicted molar refractivity (Wildman–Crippen MR) is 151 cm³/mol. The van der Waals surface area contributed by atoms with Crippen LogP contribution in [0.3, 0.4) is 0 Å². The van der Waals surface area contributed by atoms with Crippen molar-refractivity contribution in [2.75, 3.05) is 20.2 Å². The quantitative estimate of drug-likeness (QED) is 0.306. The topological polar surface area (TPSA) is 71.9 Å². The number of pyridine rings is 1. The van der Waals surface area contributed by atoms with Crippen LogP contribution in [0, 0.1) is 23.5 Å². The summed E-state index contributed by atoms with van der Waals surface area (Å²) in [4.78, 5) is 18.2. The lowest BCUT2D eigenvalue weighted by molar-refractivity contribution is -0.142. The number of fused-ring (bicyclic) bond motifs is 1. The second kappa shape index (κ2) is 11.4. The van der Waals surface area contributed by atoms with E-state index in [1.165, 1.54) is 13.3 Å². The van der Waals surface area contributed by atoms with E-state index in [4.69, 9.17) is 9.47 Å². The standard InChI is InChI=1S/C33H36F2N2O4/c1-19(33(38)39)30(20-5-6-20)25-11-7-21-9-12-28(41-32(21)31(25)35)22-8-10-24(23(15-22)18-37-13-3-4-14-37)26-16-29(40-2)36-17-27(26)34/h7-8,10-11,15-17,19-20,28,30H,3-6,9,12-14,18H2,1-2H3,(H,38,39)/t19-,28?,30-/m0/s1. The Kier molecular flexibility index (Phi) is 7.68. The molecule has 0 bridgehead atoms. The number of aliphatic carboxylic acids is 1. The van der Waals surface area contributed by atoms with Gasteiger partial charge in [-0.15, -0.1) is 0 Å². The maximum Gasteiger partial charge on any atom is 0.306 e. The Labute approximate surface area is 239 Å². The van der Waals surface area contributed by atoms with E-state index >= 15 is 4.39 Å². The number of carboxylic acids is 1. The molecule has 1 saturated heterocycles. The molecule has 3 aliphatic rings. The summed E-state index contributed by atoms with van der Waals surface area (Å²) in [5.41, 5.74) is 4.34. The van der Waals surface area contributed by atoms with Crippen LogP contribution in [0.25, 0.3) is 11.1 Å². The number of ether oxygens (including phenoxy) is 2. The van der Waals surface area contributed by atoms with Gasteiger partial charge in [0.1, 0.15) is 11.9 Å². The number of rotatable bonds is 9. The van der Waals surface area contributed by atoms with Gasteiger partial charge in [0.15, 0.2) is 11.6 Å². The highest BCUT2D eigenvalue weighted by atomic mass is 19.1. The molecule has 1 saturated carbocycles. The van der Waals surface area contributed by atoms with Gasteiger partial charge in [0.2, 0.25) is 5.88 Å². The Balaban J connectivity index is 1.34. The Hall–Kier alpha value is -3.52. The molecule has 1 N–H and O–H groups in total. The summed E-state index contributed by atoms with van der Waals surface area (Å²) < 4.78 is 42.7. The minimum atomic E-state index is -0.910. The summed E-state index contributed by atoms with van der Waals surface area (Å²) in [6.07, 6.45) is 6.26. The molecule has 0 spiro atoms. The maximum atomic E-state index is 16.1. The van der Waals surface area contributed by atoms with E-state index in [1.807, 2.05) is 18.2 Å². The molecule has 216 valence electrons. The van der Waals surface area contributed by atoms with E-state index in [-0.39, 0.29) is 23.7 Å². The summed E-state index contributed by atoms with van der Waals surface area (Å²) >= 11 is 0. The van der Waals surface area contributed by atoms with E-state index in [2.05, 4.69) is 16.0 Å². The number of aromatic nitrogens is 1. The van der Waals surface area contributed by atoms with Crippen LogP contribution < -0.4 is 9.47 Å². The molecule has 0 amide bonds. The molecule has 0 radical (unpaired) electrons. The minimum absolute atomic E-state index is 0.181. The number of halogens is 2. The average Bonchev–Trinajstić information content (AvgIpc) is 3.68. The van der Waals surface area contributed by atoms with Crippen molar-refractivity contribution in [3.05, 3.63) is 76.5 Å². The number of likely N-dealkylation sites (tertiary alicyclic amines) is 1. The van der Waals surface area contributed by atoms with Crippen molar-refractivity contribution in [2.24, 2.45) is 11.8 Å². The summed E-state index contributed by atoms with van der Waals surface area (Å²) in [6.45, 7) is 4.32. The normalized spacial score (nSPS) is 20.2. The van der Waals surface area contributed by atoms with Gasteiger partial charge in [-0.2, -0.15) is 0 Å². The number of aryl methyl sites for hydroxylation is 1. The van der Waals surface area contributed by atoms with Crippen molar-refractivity contribution in [1.29, 1.82) is 0 Å². The van der Waals surface area contributed by atoms with Gasteiger partial charge in [-0.25, -0.2) is 13.8 Å². The molecule has 3 aromatic rings. The van der Waals surface area contributed by atoms with Crippen LogP contribution in [0.4, 0.5) is 8.78 Å². The maximum absolute atomic E-state index is 16.1. The van der Waals surface area contributed by atoms with Crippen LogP contribution in [0.15, 0.2) is 42.6 Å². The highest BCUT2D eigenvalue weighted by Crippen LogP contribution is 2.50. The summed E-state index contributed by atoms with van der Waals surface area (Å²) in [5.74, 6) is -2.05. The van der Waals surface area contributed by atoms with Crippen LogP contribution in [-0.4, -0.2) is 41.2 Å². The number of benzene rings is 2.